The molecular formula is C20H25N3O4S. The van der Waals surface area contributed by atoms with Crippen molar-refractivity contribution in [3.8, 4) is 0 Å². The monoisotopic (exact) mass is 403 g/mol. The van der Waals surface area contributed by atoms with E-state index in [0.717, 1.165) is 5.69 Å². The van der Waals surface area contributed by atoms with Crippen molar-refractivity contribution in [3.63, 3.8) is 0 Å². The number of fused-ring (bicyclic) bond motifs is 1. The summed E-state index contributed by atoms with van der Waals surface area (Å²) >= 11 is 0. The predicted molar refractivity (Wildman–Crippen MR) is 111 cm³/mol. The lowest BCUT2D eigenvalue weighted by Gasteiger charge is -2.16. The predicted octanol–water partition coefficient (Wildman–Crippen LogP) is 3.13. The molecule has 0 atom stereocenters. The molecule has 0 spiro atoms. The summed E-state index contributed by atoms with van der Waals surface area (Å²) in [6, 6.07) is 17.0. The standard InChI is InChI=1S/C20H24N3.H2O4S/c1-15-10-12-16(13-11-15)23(5)21-14-19-20(2,3)17-8-6-7-9-18(17)22(19)4;1-5(2,3)4/h6-14H,1-5H3;(H2,1,2,3,4)/q+1;/p-1. The zero-order valence-electron chi connectivity index (χ0n) is 16.6. The molecule has 0 fully saturated rings. The van der Waals surface area contributed by atoms with Crippen LogP contribution in [0.1, 0.15) is 25.0 Å². The highest BCUT2D eigenvalue weighted by Crippen LogP contribution is 2.38. The van der Waals surface area contributed by atoms with Crippen LogP contribution in [0.15, 0.2) is 53.6 Å². The number of rotatable bonds is 3. The number of hydrogen-bond acceptors (Lipinski definition) is 5. The summed E-state index contributed by atoms with van der Waals surface area (Å²) in [5, 5.41) is 6.58. The molecule has 2 aromatic carbocycles. The molecule has 3 rings (SSSR count). The molecule has 0 radical (unpaired) electrons. The highest BCUT2D eigenvalue weighted by molar-refractivity contribution is 7.79. The highest BCUT2D eigenvalue weighted by Gasteiger charge is 2.43. The Kier molecular flexibility index (Phi) is 6.38. The van der Waals surface area contributed by atoms with Crippen molar-refractivity contribution >= 4 is 33.7 Å². The fourth-order valence-corrected chi connectivity index (χ4v) is 3.20. The normalized spacial score (nSPS) is 15.2. The molecule has 28 heavy (non-hydrogen) atoms. The van der Waals surface area contributed by atoms with Gasteiger partial charge in [-0.05, 0) is 32.9 Å². The van der Waals surface area contributed by atoms with Gasteiger partial charge < -0.3 is 4.55 Å². The first-order valence-corrected chi connectivity index (χ1v) is 10.0. The summed E-state index contributed by atoms with van der Waals surface area (Å²) in [6.07, 6.45) is 1.99. The smallest absolute Gasteiger partial charge is 0.215 e. The molecule has 0 saturated heterocycles. The molecule has 0 bridgehead atoms. The Labute approximate surface area is 166 Å². The van der Waals surface area contributed by atoms with Crippen LogP contribution in [0.25, 0.3) is 0 Å². The van der Waals surface area contributed by atoms with Crippen LogP contribution < -0.4 is 5.01 Å². The van der Waals surface area contributed by atoms with Gasteiger partial charge in [0.05, 0.1) is 11.1 Å². The number of anilines is 1. The van der Waals surface area contributed by atoms with Gasteiger partial charge in [0.15, 0.2) is 0 Å². The highest BCUT2D eigenvalue weighted by atomic mass is 32.3. The van der Waals surface area contributed by atoms with Crippen molar-refractivity contribution in [2.24, 2.45) is 5.10 Å². The van der Waals surface area contributed by atoms with Gasteiger partial charge in [0.1, 0.15) is 13.3 Å². The fourth-order valence-electron chi connectivity index (χ4n) is 3.20. The second-order valence-electron chi connectivity index (χ2n) is 7.12. The first-order chi connectivity index (χ1) is 12.9. The van der Waals surface area contributed by atoms with E-state index in [2.05, 4.69) is 86.0 Å². The Morgan fingerprint density at radius 2 is 1.68 bits per heavy atom. The lowest BCUT2D eigenvalue weighted by Crippen LogP contribution is -2.30. The van der Waals surface area contributed by atoms with Gasteiger partial charge in [0.25, 0.3) is 0 Å². The molecule has 0 unspecified atom stereocenters. The minimum Gasteiger partial charge on any atom is -0.726 e. The van der Waals surface area contributed by atoms with Crippen LogP contribution >= 0.6 is 0 Å². The van der Waals surface area contributed by atoms with E-state index in [9.17, 15) is 0 Å². The van der Waals surface area contributed by atoms with E-state index in [1.54, 1.807) is 0 Å². The maximum Gasteiger partial charge on any atom is 0.215 e. The van der Waals surface area contributed by atoms with Gasteiger partial charge in [-0.3, -0.25) is 9.56 Å². The molecule has 0 aliphatic carbocycles. The molecule has 7 nitrogen and oxygen atoms in total. The summed E-state index contributed by atoms with van der Waals surface area (Å²) in [7, 11) is -0.822. The summed E-state index contributed by atoms with van der Waals surface area (Å²) in [4.78, 5) is 0. The van der Waals surface area contributed by atoms with Crippen molar-refractivity contribution < 1.29 is 22.1 Å². The molecule has 1 N–H and O–H groups in total. The van der Waals surface area contributed by atoms with E-state index in [1.165, 1.54) is 22.5 Å². The first-order valence-electron chi connectivity index (χ1n) is 8.64. The average molecular weight is 404 g/mol. The summed E-state index contributed by atoms with van der Waals surface area (Å²) in [6.45, 7) is 6.60. The molecule has 0 amide bonds. The van der Waals surface area contributed by atoms with E-state index in [4.69, 9.17) is 17.5 Å². The Morgan fingerprint density at radius 3 is 2.21 bits per heavy atom. The number of hydrogen-bond donors (Lipinski definition) is 1. The lowest BCUT2D eigenvalue weighted by atomic mass is 9.82. The van der Waals surface area contributed by atoms with Gasteiger partial charge in [0, 0.05) is 18.7 Å². The van der Waals surface area contributed by atoms with E-state index >= 15 is 0 Å². The zero-order valence-corrected chi connectivity index (χ0v) is 17.4. The molecule has 1 aliphatic rings. The van der Waals surface area contributed by atoms with E-state index in [1.807, 2.05) is 18.3 Å². The minimum atomic E-state index is -4.92. The van der Waals surface area contributed by atoms with Crippen LogP contribution in [0.4, 0.5) is 11.4 Å². The second kappa shape index (κ2) is 8.22. The van der Waals surface area contributed by atoms with Gasteiger partial charge in [-0.15, -0.1) is 0 Å². The Balaban J connectivity index is 0.000000500. The number of hydrazone groups is 1. The van der Waals surface area contributed by atoms with Crippen LogP contribution in [0.3, 0.4) is 0 Å². The van der Waals surface area contributed by atoms with E-state index < -0.39 is 10.4 Å². The summed E-state index contributed by atoms with van der Waals surface area (Å²) < 4.78 is 35.1. The van der Waals surface area contributed by atoms with Crippen molar-refractivity contribution in [1.29, 1.82) is 0 Å². The Bertz CT molecular complexity index is 1000. The topological polar surface area (TPSA) is 96.0 Å². The maximum atomic E-state index is 8.63. The van der Waals surface area contributed by atoms with Gasteiger partial charge in [-0.2, -0.15) is 9.68 Å². The Morgan fingerprint density at radius 1 is 1.14 bits per heavy atom. The summed E-state index contributed by atoms with van der Waals surface area (Å²) in [5.74, 6) is 0. The summed E-state index contributed by atoms with van der Waals surface area (Å²) in [5.41, 5.74) is 6.12. The van der Waals surface area contributed by atoms with Crippen LogP contribution in [-0.4, -0.2) is 48.1 Å². The van der Waals surface area contributed by atoms with Crippen molar-refractivity contribution in [2.75, 3.05) is 19.1 Å². The number of nitrogens with zero attached hydrogens (tertiary/aromatic N) is 3. The van der Waals surface area contributed by atoms with Crippen LogP contribution in [0.5, 0.6) is 0 Å². The van der Waals surface area contributed by atoms with Gasteiger partial charge in [0.2, 0.25) is 21.8 Å². The SMILES string of the molecule is Cc1ccc(N(C)/N=C/C2=[N+](C)c3ccccc3C2(C)C)cc1.O=S(=O)([O-])O. The van der Waals surface area contributed by atoms with Crippen molar-refractivity contribution in [3.05, 3.63) is 59.7 Å². The minimum absolute atomic E-state index is 0.0387. The van der Waals surface area contributed by atoms with Gasteiger partial charge in [-0.25, -0.2) is 8.42 Å². The quantitative estimate of drug-likeness (QED) is 0.279. The Hall–Kier alpha value is -2.55. The fraction of sp³-hybridized carbons (Fsp3) is 0.300. The largest absolute Gasteiger partial charge is 0.726 e. The van der Waals surface area contributed by atoms with Gasteiger partial charge in [-0.1, -0.05) is 35.9 Å². The lowest BCUT2D eigenvalue weighted by molar-refractivity contribution is -0.400. The molecule has 8 heteroatoms. The second-order valence-corrected chi connectivity index (χ2v) is 7.97. The van der Waals surface area contributed by atoms with E-state index in [0.29, 0.717) is 0 Å². The van der Waals surface area contributed by atoms with Crippen LogP contribution in [0.2, 0.25) is 0 Å². The number of benzene rings is 2. The first kappa shape index (κ1) is 21.7. The maximum absolute atomic E-state index is 8.63. The average Bonchev–Trinajstić information content (AvgIpc) is 2.79. The molecule has 0 aromatic heterocycles. The van der Waals surface area contributed by atoms with Gasteiger partial charge >= 0.3 is 0 Å². The molecule has 1 heterocycles. The van der Waals surface area contributed by atoms with Crippen molar-refractivity contribution in [1.82, 2.24) is 0 Å². The molecule has 0 saturated carbocycles. The third-order valence-corrected chi connectivity index (χ3v) is 4.70. The molecular weight excluding hydrogens is 378 g/mol. The molecule has 2 aromatic rings. The third kappa shape index (κ3) is 5.25. The van der Waals surface area contributed by atoms with Crippen molar-refractivity contribution in [2.45, 2.75) is 26.2 Å². The molecule has 150 valence electrons. The van der Waals surface area contributed by atoms with Crippen LogP contribution in [0, 0.1) is 6.92 Å². The molecule has 1 aliphatic heterocycles. The van der Waals surface area contributed by atoms with E-state index in [-0.39, 0.29) is 5.41 Å². The third-order valence-electron chi connectivity index (χ3n) is 4.70. The van der Waals surface area contributed by atoms with Crippen LogP contribution in [-0.2, 0) is 15.8 Å². The number of para-hydroxylation sites is 1. The number of aryl methyl sites for hydroxylation is 1. The zero-order chi connectivity index (χ0) is 21.1.